The molecule has 0 spiro atoms. The highest BCUT2D eigenvalue weighted by molar-refractivity contribution is 8.04. The number of thioether (sulfide) groups is 1. The van der Waals surface area contributed by atoms with E-state index < -0.39 is 5.66 Å². The van der Waals surface area contributed by atoms with Crippen molar-refractivity contribution >= 4 is 38.4 Å². The molecule has 0 saturated heterocycles. The van der Waals surface area contributed by atoms with Gasteiger partial charge in [-0.3, -0.25) is 0 Å². The lowest BCUT2D eigenvalue weighted by Gasteiger charge is -2.22. The summed E-state index contributed by atoms with van der Waals surface area (Å²) < 4.78 is 22.6. The van der Waals surface area contributed by atoms with Gasteiger partial charge in [0, 0.05) is 37.3 Å². The molecule has 5 nitrogen and oxygen atoms in total. The molecule has 0 heterocycles. The topological polar surface area (TPSA) is 64.6 Å². The summed E-state index contributed by atoms with van der Waals surface area (Å²) in [4.78, 5) is 14.6. The second-order valence-electron chi connectivity index (χ2n) is 8.35. The number of nitrogens with one attached hydrogen (secondary N) is 2. The summed E-state index contributed by atoms with van der Waals surface area (Å²) in [6, 6.07) is 14.0. The minimum atomic E-state index is -2.78. The van der Waals surface area contributed by atoms with Gasteiger partial charge in [-0.2, -0.15) is 8.78 Å². The van der Waals surface area contributed by atoms with Gasteiger partial charge >= 0.3 is 6.03 Å². The SMILES string of the molecule is C=C(Nc1ccc(NC(=O)N(CC)Cc2cccc(C)c2)cc1C)/C(C)=C/S/C=C/C.C=CC(F)(F)P.CO. The van der Waals surface area contributed by atoms with Crippen LogP contribution >= 0.6 is 21.0 Å². The normalized spacial score (nSPS) is 11.0. The fourth-order valence-corrected chi connectivity index (χ4v) is 3.58. The van der Waals surface area contributed by atoms with Crippen molar-refractivity contribution < 1.29 is 18.7 Å². The standard InChI is InChI=1S/C26H33N3OS.C3H5F2P.CH4O/c1-7-14-31-18-21(5)22(6)27-25-13-12-24(16-20(25)4)28-26(30)29(8-2)17-23-11-9-10-19(3)15-23;1-2-3(4,5)6;1-2/h7,9-16,18,27H,6,8,17H2,1-5H3,(H,28,30);2H,1,6H2;2H,1H3/b14-7+,21-18+;;. The zero-order chi connectivity index (χ0) is 30.0. The molecular weight excluding hydrogens is 535 g/mol. The van der Waals surface area contributed by atoms with Crippen LogP contribution in [0, 0.1) is 13.8 Å². The molecule has 0 bridgehead atoms. The summed E-state index contributed by atoms with van der Waals surface area (Å²) in [5.41, 5.74) is 4.26. The van der Waals surface area contributed by atoms with Crippen LogP contribution in [0.25, 0.3) is 0 Å². The van der Waals surface area contributed by atoms with E-state index in [1.165, 1.54) is 14.8 Å². The number of halogens is 2. The highest BCUT2D eigenvalue weighted by Crippen LogP contribution is 2.24. The fraction of sp³-hybridized carbons (Fsp3) is 0.300. The average Bonchev–Trinajstić information content (AvgIpc) is 2.90. The van der Waals surface area contributed by atoms with E-state index in [1.807, 2.05) is 69.5 Å². The number of rotatable bonds is 10. The zero-order valence-electron chi connectivity index (χ0n) is 23.7. The van der Waals surface area contributed by atoms with Gasteiger partial charge in [0.05, 0.1) is 0 Å². The molecule has 0 aliphatic heterocycles. The second kappa shape index (κ2) is 19.2. The van der Waals surface area contributed by atoms with Gasteiger partial charge < -0.3 is 20.6 Å². The Balaban J connectivity index is 0.00000159. The molecule has 0 saturated carbocycles. The second-order valence-corrected chi connectivity index (χ2v) is 9.90. The molecular formula is C30H42F2N3O2PS. The number of allylic oxidation sites excluding steroid dienone is 3. The monoisotopic (exact) mass is 577 g/mol. The maximum absolute atomic E-state index is 12.8. The smallest absolute Gasteiger partial charge is 0.322 e. The van der Waals surface area contributed by atoms with Crippen molar-refractivity contribution in [3.63, 3.8) is 0 Å². The number of urea groups is 1. The van der Waals surface area contributed by atoms with Gasteiger partial charge in [-0.15, -0.1) is 11.8 Å². The third kappa shape index (κ3) is 15.3. The van der Waals surface area contributed by atoms with Crippen LogP contribution in [0.5, 0.6) is 0 Å². The van der Waals surface area contributed by atoms with Crippen molar-refractivity contribution in [1.29, 1.82) is 0 Å². The molecule has 3 N–H and O–H groups in total. The number of alkyl halides is 2. The van der Waals surface area contributed by atoms with E-state index in [4.69, 9.17) is 5.11 Å². The van der Waals surface area contributed by atoms with Crippen LogP contribution in [0.1, 0.15) is 37.5 Å². The molecule has 1 unspecified atom stereocenters. The molecule has 0 aliphatic carbocycles. The molecule has 9 heteroatoms. The molecule has 214 valence electrons. The molecule has 2 amide bonds. The maximum Gasteiger partial charge on any atom is 0.322 e. The van der Waals surface area contributed by atoms with Crippen molar-refractivity contribution in [3.8, 4) is 0 Å². The van der Waals surface area contributed by atoms with Gasteiger partial charge in [0.15, 0.2) is 0 Å². The first kappa shape index (κ1) is 36.1. The predicted octanol–water partition coefficient (Wildman–Crippen LogP) is 8.70. The highest BCUT2D eigenvalue weighted by Gasteiger charge is 2.14. The molecule has 0 aromatic heterocycles. The fourth-order valence-electron chi connectivity index (χ4n) is 2.99. The first-order valence-corrected chi connectivity index (χ1v) is 13.8. The third-order valence-corrected chi connectivity index (χ3v) is 6.25. The van der Waals surface area contributed by atoms with E-state index >= 15 is 0 Å². The number of anilines is 2. The Hall–Kier alpha value is -2.93. The van der Waals surface area contributed by atoms with E-state index in [0.717, 1.165) is 40.9 Å². The quantitative estimate of drug-likeness (QED) is 0.150. The van der Waals surface area contributed by atoms with E-state index in [0.29, 0.717) is 19.2 Å². The first-order valence-electron chi connectivity index (χ1n) is 12.3. The molecule has 0 aliphatic rings. The van der Waals surface area contributed by atoms with Gasteiger partial charge in [-0.25, -0.2) is 4.79 Å². The van der Waals surface area contributed by atoms with Crippen LogP contribution in [0.3, 0.4) is 0 Å². The van der Waals surface area contributed by atoms with Gasteiger partial charge in [0.25, 0.3) is 5.66 Å². The Morgan fingerprint density at radius 3 is 2.33 bits per heavy atom. The Morgan fingerprint density at radius 1 is 1.18 bits per heavy atom. The lowest BCUT2D eigenvalue weighted by molar-refractivity contribution is 0.162. The Bertz CT molecular complexity index is 1130. The van der Waals surface area contributed by atoms with Crippen molar-refractivity contribution in [2.75, 3.05) is 24.3 Å². The van der Waals surface area contributed by atoms with E-state index in [1.54, 1.807) is 16.7 Å². The maximum atomic E-state index is 12.8. The predicted molar refractivity (Wildman–Crippen MR) is 169 cm³/mol. The Labute approximate surface area is 239 Å². The Kier molecular flexibility index (Phi) is 17.7. The van der Waals surface area contributed by atoms with E-state index in [-0.39, 0.29) is 6.03 Å². The largest absolute Gasteiger partial charge is 0.400 e. The lowest BCUT2D eigenvalue weighted by Crippen LogP contribution is -2.34. The number of aliphatic hydroxyl groups excluding tert-OH is 1. The highest BCUT2D eigenvalue weighted by atomic mass is 32.2. The summed E-state index contributed by atoms with van der Waals surface area (Å²) in [6.45, 7) is 18.3. The van der Waals surface area contributed by atoms with Crippen LogP contribution in [0.2, 0.25) is 0 Å². The van der Waals surface area contributed by atoms with Crippen molar-refractivity contribution in [1.82, 2.24) is 4.90 Å². The lowest BCUT2D eigenvalue weighted by atomic mass is 10.1. The minimum Gasteiger partial charge on any atom is -0.400 e. The van der Waals surface area contributed by atoms with Crippen LogP contribution in [-0.2, 0) is 6.54 Å². The van der Waals surface area contributed by atoms with Gasteiger partial charge in [-0.1, -0.05) is 58.3 Å². The van der Waals surface area contributed by atoms with E-state index in [2.05, 4.69) is 48.3 Å². The molecule has 0 radical (unpaired) electrons. The number of nitrogens with zero attached hydrogens (tertiary/aromatic N) is 1. The summed E-state index contributed by atoms with van der Waals surface area (Å²) in [5.74, 6) is 0. The van der Waals surface area contributed by atoms with Gasteiger partial charge in [0.2, 0.25) is 0 Å². The number of aliphatic hydroxyl groups is 1. The molecule has 39 heavy (non-hydrogen) atoms. The minimum absolute atomic E-state index is 0.103. The molecule has 2 rings (SSSR count). The summed E-state index contributed by atoms with van der Waals surface area (Å²) in [5, 5.41) is 17.5. The van der Waals surface area contributed by atoms with Crippen LogP contribution in [0.15, 0.2) is 89.9 Å². The van der Waals surface area contributed by atoms with Crippen LogP contribution < -0.4 is 10.6 Å². The molecule has 0 fully saturated rings. The molecule has 2 aromatic rings. The first-order chi connectivity index (χ1) is 18.4. The van der Waals surface area contributed by atoms with Gasteiger partial charge in [-0.05, 0) is 86.4 Å². The molecule has 2 aromatic carbocycles. The van der Waals surface area contributed by atoms with Crippen molar-refractivity contribution in [2.45, 2.75) is 46.8 Å². The van der Waals surface area contributed by atoms with Gasteiger partial charge in [0.1, 0.15) is 0 Å². The van der Waals surface area contributed by atoms with Crippen LogP contribution in [0.4, 0.5) is 25.0 Å². The Morgan fingerprint density at radius 2 is 1.82 bits per heavy atom. The number of amides is 2. The van der Waals surface area contributed by atoms with Crippen molar-refractivity contribution in [3.05, 3.63) is 107 Å². The zero-order valence-corrected chi connectivity index (χ0v) is 25.7. The third-order valence-electron chi connectivity index (χ3n) is 5.10. The number of aryl methyl sites for hydroxylation is 2. The number of benzene rings is 2. The van der Waals surface area contributed by atoms with Crippen molar-refractivity contribution in [2.24, 2.45) is 0 Å². The van der Waals surface area contributed by atoms with E-state index in [9.17, 15) is 13.6 Å². The number of carbonyl (C=O) groups is 1. The summed E-state index contributed by atoms with van der Waals surface area (Å²) >= 11 is 1.62. The summed E-state index contributed by atoms with van der Waals surface area (Å²) in [6.07, 6.45) is 2.57. The average molecular weight is 578 g/mol. The number of hydrogen-bond donors (Lipinski definition) is 3. The molecule has 1 atom stereocenters. The number of hydrogen-bond acceptors (Lipinski definition) is 4. The summed E-state index contributed by atoms with van der Waals surface area (Å²) in [7, 11) is 2.34. The number of carbonyl (C=O) groups excluding carboxylic acids is 1. The van der Waals surface area contributed by atoms with Crippen LogP contribution in [-0.4, -0.2) is 35.4 Å².